The van der Waals surface area contributed by atoms with E-state index in [9.17, 15) is 4.79 Å². The highest BCUT2D eigenvalue weighted by Crippen LogP contribution is 2.20. The van der Waals surface area contributed by atoms with E-state index in [0.29, 0.717) is 23.3 Å². The van der Waals surface area contributed by atoms with E-state index in [1.165, 1.54) is 0 Å². The summed E-state index contributed by atoms with van der Waals surface area (Å²) < 4.78 is 10.9. The smallest absolute Gasteiger partial charge is 0.209 e. The Morgan fingerprint density at radius 3 is 2.52 bits per heavy atom. The summed E-state index contributed by atoms with van der Waals surface area (Å²) >= 11 is 0. The van der Waals surface area contributed by atoms with Crippen LogP contribution in [0.15, 0.2) is 34.3 Å². The zero-order valence-electron chi connectivity index (χ0n) is 14.2. The molecule has 5 heteroatoms. The fourth-order valence-corrected chi connectivity index (χ4v) is 2.67. The van der Waals surface area contributed by atoms with Gasteiger partial charge in [-0.2, -0.15) is 0 Å². The molecule has 0 amide bonds. The van der Waals surface area contributed by atoms with Crippen LogP contribution in [0.25, 0.3) is 0 Å². The first-order valence-electron chi connectivity index (χ1n) is 7.86. The number of nitrogens with zero attached hydrogens (tertiary/aromatic N) is 2. The van der Waals surface area contributed by atoms with Gasteiger partial charge in [0.1, 0.15) is 18.4 Å². The van der Waals surface area contributed by atoms with Gasteiger partial charge in [0.15, 0.2) is 0 Å². The van der Waals surface area contributed by atoms with Crippen LogP contribution in [-0.4, -0.2) is 44.4 Å². The van der Waals surface area contributed by atoms with Gasteiger partial charge in [-0.1, -0.05) is 32.0 Å². The van der Waals surface area contributed by atoms with Gasteiger partial charge in [-0.25, -0.2) is 9.98 Å². The van der Waals surface area contributed by atoms with Gasteiger partial charge in [0.05, 0.1) is 14.2 Å². The zero-order chi connectivity index (χ0) is 16.8. The number of aliphatic imine (C=N–C) groups is 2. The monoisotopic (exact) mass is 316 g/mol. The summed E-state index contributed by atoms with van der Waals surface area (Å²) in [4.78, 5) is 20.2. The van der Waals surface area contributed by atoms with E-state index >= 15 is 0 Å². The molecule has 1 aliphatic rings. The molecule has 0 saturated heterocycles. The molecule has 0 bridgehead atoms. The van der Waals surface area contributed by atoms with E-state index in [0.717, 1.165) is 24.7 Å². The number of carbonyl (C=O) groups is 1. The van der Waals surface area contributed by atoms with E-state index in [2.05, 4.69) is 23.8 Å². The normalized spacial score (nSPS) is 20.7. The van der Waals surface area contributed by atoms with Gasteiger partial charge >= 0.3 is 0 Å². The van der Waals surface area contributed by atoms with Gasteiger partial charge in [-0.05, 0) is 30.4 Å². The Bertz CT molecular complexity index is 608. The summed E-state index contributed by atoms with van der Waals surface area (Å²) in [6.07, 6.45) is 2.41. The third kappa shape index (κ3) is 4.18. The van der Waals surface area contributed by atoms with E-state index in [1.54, 1.807) is 20.3 Å². The first-order chi connectivity index (χ1) is 11.1. The second kappa shape index (κ2) is 7.90. The molecule has 0 fully saturated rings. The molecule has 23 heavy (non-hydrogen) atoms. The van der Waals surface area contributed by atoms with Gasteiger partial charge in [-0.15, -0.1) is 0 Å². The Balaban J connectivity index is 2.12. The molecule has 0 aliphatic carbocycles. The molecule has 5 nitrogen and oxygen atoms in total. The number of ether oxygens (including phenoxy) is 2. The van der Waals surface area contributed by atoms with Crippen molar-refractivity contribution in [1.82, 2.24) is 0 Å². The van der Waals surface area contributed by atoms with Gasteiger partial charge in [0.2, 0.25) is 11.8 Å². The Labute approximate surface area is 137 Å². The number of carbonyl (C=O) groups excluding carboxylic acids is 1. The molecule has 2 rings (SSSR count). The summed E-state index contributed by atoms with van der Waals surface area (Å²) in [6.45, 7) is 4.17. The minimum Gasteiger partial charge on any atom is -0.483 e. The van der Waals surface area contributed by atoms with Crippen molar-refractivity contribution in [3.63, 3.8) is 0 Å². The molecule has 2 atom stereocenters. The Kier molecular flexibility index (Phi) is 5.90. The molecule has 1 aromatic carbocycles. The highest BCUT2D eigenvalue weighted by atomic mass is 16.5. The van der Waals surface area contributed by atoms with Gasteiger partial charge in [-0.3, -0.25) is 4.79 Å². The summed E-state index contributed by atoms with van der Waals surface area (Å²) in [7, 11) is 3.26. The van der Waals surface area contributed by atoms with Crippen LogP contribution in [-0.2, 0) is 15.9 Å². The molecular weight excluding hydrogens is 292 g/mol. The van der Waals surface area contributed by atoms with Crippen molar-refractivity contribution in [3.8, 4) is 0 Å². The third-order valence-corrected chi connectivity index (χ3v) is 3.93. The van der Waals surface area contributed by atoms with Crippen LogP contribution in [0.5, 0.6) is 0 Å². The maximum atomic E-state index is 10.9. The zero-order valence-corrected chi connectivity index (χ0v) is 14.2. The lowest BCUT2D eigenvalue weighted by Gasteiger charge is -2.27. The highest BCUT2D eigenvalue weighted by molar-refractivity contribution is 5.94. The molecule has 0 spiro atoms. The van der Waals surface area contributed by atoms with Crippen LogP contribution in [0.1, 0.15) is 36.2 Å². The van der Waals surface area contributed by atoms with Crippen LogP contribution in [0, 0.1) is 5.92 Å². The van der Waals surface area contributed by atoms with Crippen LogP contribution < -0.4 is 0 Å². The number of benzene rings is 1. The van der Waals surface area contributed by atoms with E-state index in [4.69, 9.17) is 9.47 Å². The SMILES string of the molecule is COC1=N[C@H](C(C)C)C(OC)=N[C@H]1CCc1cccc(C=O)c1. The van der Waals surface area contributed by atoms with Crippen molar-refractivity contribution in [2.75, 3.05) is 14.2 Å². The highest BCUT2D eigenvalue weighted by Gasteiger charge is 2.30. The van der Waals surface area contributed by atoms with Crippen molar-refractivity contribution in [3.05, 3.63) is 35.4 Å². The lowest BCUT2D eigenvalue weighted by Crippen LogP contribution is -2.37. The first kappa shape index (κ1) is 17.2. The van der Waals surface area contributed by atoms with Crippen LogP contribution in [0.2, 0.25) is 0 Å². The fourth-order valence-electron chi connectivity index (χ4n) is 2.67. The summed E-state index contributed by atoms with van der Waals surface area (Å²) in [6, 6.07) is 7.36. The summed E-state index contributed by atoms with van der Waals surface area (Å²) in [5.74, 6) is 1.60. The predicted molar refractivity (Wildman–Crippen MR) is 91.5 cm³/mol. The van der Waals surface area contributed by atoms with Gasteiger partial charge in [0, 0.05) is 5.56 Å². The minimum absolute atomic E-state index is 0.0930. The lowest BCUT2D eigenvalue weighted by atomic mass is 10.00. The van der Waals surface area contributed by atoms with Crippen LogP contribution in [0.3, 0.4) is 0 Å². The van der Waals surface area contributed by atoms with Crippen molar-refractivity contribution in [2.45, 2.75) is 38.8 Å². The molecule has 1 aliphatic heterocycles. The number of hydrogen-bond acceptors (Lipinski definition) is 5. The van der Waals surface area contributed by atoms with Crippen molar-refractivity contribution >= 4 is 18.1 Å². The topological polar surface area (TPSA) is 60.2 Å². The maximum Gasteiger partial charge on any atom is 0.209 e. The number of aryl methyl sites for hydroxylation is 1. The molecule has 0 aromatic heterocycles. The van der Waals surface area contributed by atoms with Crippen molar-refractivity contribution < 1.29 is 14.3 Å². The van der Waals surface area contributed by atoms with Crippen molar-refractivity contribution in [1.29, 1.82) is 0 Å². The van der Waals surface area contributed by atoms with E-state index < -0.39 is 0 Å². The molecule has 0 unspecified atom stereocenters. The maximum absolute atomic E-state index is 10.9. The number of rotatable bonds is 5. The largest absolute Gasteiger partial charge is 0.483 e. The summed E-state index contributed by atoms with van der Waals surface area (Å²) in [5.41, 5.74) is 1.79. The fraction of sp³-hybridized carbons (Fsp3) is 0.500. The quantitative estimate of drug-likeness (QED) is 0.785. The minimum atomic E-state index is -0.148. The molecule has 1 heterocycles. The number of aldehydes is 1. The van der Waals surface area contributed by atoms with E-state index in [1.807, 2.05) is 18.2 Å². The summed E-state index contributed by atoms with van der Waals surface area (Å²) in [5, 5.41) is 0. The Morgan fingerprint density at radius 1 is 1.17 bits per heavy atom. The standard InChI is InChI=1S/C18H24N2O3/c1-12(2)16-18(23-4)19-15(17(20-16)22-3)9-8-13-6-5-7-14(10-13)11-21/h5-7,10-12,15-16H,8-9H2,1-4H3/t15-,16+/m0/s1. The second-order valence-corrected chi connectivity index (χ2v) is 5.95. The average Bonchev–Trinajstić information content (AvgIpc) is 2.59. The van der Waals surface area contributed by atoms with Gasteiger partial charge < -0.3 is 9.47 Å². The predicted octanol–water partition coefficient (Wildman–Crippen LogP) is 2.93. The number of hydrogen-bond donors (Lipinski definition) is 0. The molecule has 0 radical (unpaired) electrons. The lowest BCUT2D eigenvalue weighted by molar-refractivity contribution is 0.112. The molecule has 124 valence electrons. The van der Waals surface area contributed by atoms with Crippen molar-refractivity contribution in [2.24, 2.45) is 15.9 Å². The molecule has 1 aromatic rings. The Hall–Kier alpha value is -2.17. The van der Waals surface area contributed by atoms with Crippen LogP contribution >= 0.6 is 0 Å². The first-order valence-corrected chi connectivity index (χ1v) is 7.86. The third-order valence-electron chi connectivity index (χ3n) is 3.93. The van der Waals surface area contributed by atoms with E-state index in [-0.39, 0.29) is 12.1 Å². The second-order valence-electron chi connectivity index (χ2n) is 5.95. The van der Waals surface area contributed by atoms with Gasteiger partial charge in [0.25, 0.3) is 0 Å². The molecule has 0 saturated carbocycles. The van der Waals surface area contributed by atoms with Crippen LogP contribution in [0.4, 0.5) is 0 Å². The molecule has 0 N–H and O–H groups in total. The number of methoxy groups -OCH3 is 2. The average molecular weight is 316 g/mol. The molecular formula is C18H24N2O3. The Morgan fingerprint density at radius 2 is 1.91 bits per heavy atom.